The zero-order chi connectivity index (χ0) is 9.47. The van der Waals surface area contributed by atoms with Gasteiger partial charge in [0, 0.05) is 6.42 Å². The summed E-state index contributed by atoms with van der Waals surface area (Å²) in [4.78, 5) is 0. The first-order chi connectivity index (χ1) is 6.09. The van der Waals surface area contributed by atoms with Crippen LogP contribution < -0.4 is 0 Å². The molecule has 2 heteroatoms. The molecule has 2 nitrogen and oxygen atoms in total. The Bertz CT molecular complexity index is 327. The molecule has 1 fully saturated rings. The number of benzene rings is 1. The molecule has 0 amide bonds. The number of hydrogen-bond acceptors (Lipinski definition) is 2. The summed E-state index contributed by atoms with van der Waals surface area (Å²) >= 11 is 0. The van der Waals surface area contributed by atoms with E-state index in [0.717, 1.165) is 24.0 Å². The minimum absolute atomic E-state index is 0.306. The van der Waals surface area contributed by atoms with Crippen molar-refractivity contribution in [2.24, 2.45) is 0 Å². The Labute approximate surface area is 77.8 Å². The number of aliphatic hydroxyl groups is 1. The van der Waals surface area contributed by atoms with Crippen LogP contribution in [0.2, 0.25) is 0 Å². The van der Waals surface area contributed by atoms with Crippen molar-refractivity contribution < 1.29 is 10.2 Å². The first kappa shape index (κ1) is 8.57. The third-order valence-electron chi connectivity index (χ3n) is 2.59. The molecule has 2 rings (SSSR count). The minimum Gasteiger partial charge on any atom is -0.508 e. The molecule has 70 valence electrons. The predicted molar refractivity (Wildman–Crippen MR) is 50.7 cm³/mol. The van der Waals surface area contributed by atoms with Gasteiger partial charge in [-0.1, -0.05) is 12.1 Å². The van der Waals surface area contributed by atoms with Gasteiger partial charge in [-0.2, -0.15) is 0 Å². The molecule has 1 aliphatic carbocycles. The maximum Gasteiger partial charge on any atom is 0.119 e. The van der Waals surface area contributed by atoms with Crippen molar-refractivity contribution >= 4 is 0 Å². The molecule has 1 saturated carbocycles. The van der Waals surface area contributed by atoms with E-state index in [-0.39, 0.29) is 0 Å². The van der Waals surface area contributed by atoms with Crippen LogP contribution in [-0.4, -0.2) is 15.8 Å². The van der Waals surface area contributed by atoms with Gasteiger partial charge in [0.05, 0.1) is 5.60 Å². The summed E-state index contributed by atoms with van der Waals surface area (Å²) in [7, 11) is 0. The summed E-state index contributed by atoms with van der Waals surface area (Å²) < 4.78 is 0. The van der Waals surface area contributed by atoms with Crippen LogP contribution in [0.1, 0.15) is 24.0 Å². The molecular formula is C11H14O2. The summed E-state index contributed by atoms with van der Waals surface area (Å²) in [6, 6.07) is 5.59. The Hall–Kier alpha value is -1.02. The van der Waals surface area contributed by atoms with Crippen LogP contribution in [0.25, 0.3) is 0 Å². The van der Waals surface area contributed by atoms with Crippen LogP contribution in [0, 0.1) is 6.92 Å². The third-order valence-corrected chi connectivity index (χ3v) is 2.59. The molecular weight excluding hydrogens is 164 g/mol. The van der Waals surface area contributed by atoms with Gasteiger partial charge >= 0.3 is 0 Å². The van der Waals surface area contributed by atoms with Gasteiger partial charge in [-0.05, 0) is 37.0 Å². The lowest BCUT2D eigenvalue weighted by Crippen LogP contribution is -2.10. The molecule has 1 aliphatic rings. The maximum atomic E-state index is 9.66. The summed E-state index contributed by atoms with van der Waals surface area (Å²) in [5, 5.41) is 19.2. The monoisotopic (exact) mass is 178 g/mol. The highest BCUT2D eigenvalue weighted by atomic mass is 16.3. The SMILES string of the molecule is Cc1ccc(CC2(O)CC2)c(O)c1. The van der Waals surface area contributed by atoms with Crippen LogP contribution in [0.3, 0.4) is 0 Å². The fraction of sp³-hybridized carbons (Fsp3) is 0.455. The Morgan fingerprint density at radius 3 is 2.62 bits per heavy atom. The number of hydrogen-bond donors (Lipinski definition) is 2. The highest BCUT2D eigenvalue weighted by Gasteiger charge is 2.40. The topological polar surface area (TPSA) is 40.5 Å². The Kier molecular flexibility index (Phi) is 1.81. The van der Waals surface area contributed by atoms with E-state index in [1.165, 1.54) is 0 Å². The van der Waals surface area contributed by atoms with E-state index in [1.54, 1.807) is 6.07 Å². The molecule has 0 aromatic heterocycles. The fourth-order valence-electron chi connectivity index (χ4n) is 1.50. The van der Waals surface area contributed by atoms with Gasteiger partial charge in [0.15, 0.2) is 0 Å². The highest BCUT2D eigenvalue weighted by molar-refractivity contribution is 5.37. The number of aromatic hydroxyl groups is 1. The Morgan fingerprint density at radius 2 is 2.08 bits per heavy atom. The zero-order valence-corrected chi connectivity index (χ0v) is 7.75. The molecule has 2 N–H and O–H groups in total. The van der Waals surface area contributed by atoms with Crippen LogP contribution in [0.4, 0.5) is 0 Å². The van der Waals surface area contributed by atoms with E-state index in [1.807, 2.05) is 19.1 Å². The fourth-order valence-corrected chi connectivity index (χ4v) is 1.50. The maximum absolute atomic E-state index is 9.66. The molecule has 0 spiro atoms. The van der Waals surface area contributed by atoms with Crippen molar-refractivity contribution in [1.29, 1.82) is 0 Å². The first-order valence-corrected chi connectivity index (χ1v) is 4.60. The molecule has 0 unspecified atom stereocenters. The summed E-state index contributed by atoms with van der Waals surface area (Å²) in [6.45, 7) is 1.94. The quantitative estimate of drug-likeness (QED) is 0.724. The van der Waals surface area contributed by atoms with E-state index in [0.29, 0.717) is 12.2 Å². The van der Waals surface area contributed by atoms with Crippen molar-refractivity contribution in [2.75, 3.05) is 0 Å². The molecule has 0 radical (unpaired) electrons. The van der Waals surface area contributed by atoms with Crippen LogP contribution in [0.15, 0.2) is 18.2 Å². The van der Waals surface area contributed by atoms with Crippen LogP contribution in [0.5, 0.6) is 5.75 Å². The van der Waals surface area contributed by atoms with Gasteiger partial charge in [-0.25, -0.2) is 0 Å². The van der Waals surface area contributed by atoms with Crippen molar-refractivity contribution in [3.63, 3.8) is 0 Å². The molecule has 0 aliphatic heterocycles. The molecule has 0 bridgehead atoms. The van der Waals surface area contributed by atoms with Gasteiger partial charge in [-0.3, -0.25) is 0 Å². The summed E-state index contributed by atoms with van der Waals surface area (Å²) in [5.41, 5.74) is 1.38. The molecule has 1 aromatic carbocycles. The largest absolute Gasteiger partial charge is 0.508 e. The second-order valence-electron chi connectivity index (χ2n) is 4.03. The summed E-state index contributed by atoms with van der Waals surface area (Å²) in [5.74, 6) is 0.306. The lowest BCUT2D eigenvalue weighted by molar-refractivity contribution is 0.150. The van der Waals surface area contributed by atoms with E-state index in [2.05, 4.69) is 0 Å². The molecule has 1 aromatic rings. The second-order valence-corrected chi connectivity index (χ2v) is 4.03. The van der Waals surface area contributed by atoms with E-state index in [9.17, 15) is 10.2 Å². The zero-order valence-electron chi connectivity index (χ0n) is 7.75. The lowest BCUT2D eigenvalue weighted by Gasteiger charge is -2.09. The standard InChI is InChI=1S/C11H14O2/c1-8-2-3-9(10(12)6-8)7-11(13)4-5-11/h2-3,6,12-13H,4-5,7H2,1H3. The predicted octanol–water partition coefficient (Wildman–Crippen LogP) is 1.77. The van der Waals surface area contributed by atoms with Gasteiger partial charge in [0.1, 0.15) is 5.75 Å². The van der Waals surface area contributed by atoms with Crippen molar-refractivity contribution in [3.8, 4) is 5.75 Å². The molecule has 0 saturated heterocycles. The highest BCUT2D eigenvalue weighted by Crippen LogP contribution is 2.39. The minimum atomic E-state index is -0.521. The number of phenolic OH excluding ortho intramolecular Hbond substituents is 1. The van der Waals surface area contributed by atoms with Gasteiger partial charge in [0.2, 0.25) is 0 Å². The van der Waals surface area contributed by atoms with E-state index in [4.69, 9.17) is 0 Å². The number of rotatable bonds is 2. The third kappa shape index (κ3) is 1.83. The van der Waals surface area contributed by atoms with Crippen LogP contribution in [-0.2, 0) is 6.42 Å². The summed E-state index contributed by atoms with van der Waals surface area (Å²) in [6.07, 6.45) is 2.31. The normalized spacial score (nSPS) is 18.6. The molecule has 0 heterocycles. The lowest BCUT2D eigenvalue weighted by atomic mass is 10.0. The van der Waals surface area contributed by atoms with Gasteiger partial charge < -0.3 is 10.2 Å². The smallest absolute Gasteiger partial charge is 0.119 e. The number of aryl methyl sites for hydroxylation is 1. The van der Waals surface area contributed by atoms with Crippen molar-refractivity contribution in [2.45, 2.75) is 31.8 Å². The van der Waals surface area contributed by atoms with E-state index >= 15 is 0 Å². The van der Waals surface area contributed by atoms with Crippen molar-refractivity contribution in [1.82, 2.24) is 0 Å². The average Bonchev–Trinajstić information content (AvgIpc) is 2.75. The molecule has 0 atom stereocenters. The van der Waals surface area contributed by atoms with Gasteiger partial charge in [-0.15, -0.1) is 0 Å². The van der Waals surface area contributed by atoms with Crippen molar-refractivity contribution in [3.05, 3.63) is 29.3 Å². The second kappa shape index (κ2) is 2.74. The average molecular weight is 178 g/mol. The first-order valence-electron chi connectivity index (χ1n) is 4.60. The van der Waals surface area contributed by atoms with Gasteiger partial charge in [0.25, 0.3) is 0 Å². The molecule has 13 heavy (non-hydrogen) atoms. The van der Waals surface area contributed by atoms with Crippen LogP contribution >= 0.6 is 0 Å². The Balaban J connectivity index is 2.20. The van der Waals surface area contributed by atoms with E-state index < -0.39 is 5.60 Å². The Morgan fingerprint density at radius 1 is 1.38 bits per heavy atom. The number of phenols is 1.